The van der Waals surface area contributed by atoms with Gasteiger partial charge in [-0.25, -0.2) is 9.59 Å². The molecule has 222 valence electrons. The number of amides is 1. The van der Waals surface area contributed by atoms with Crippen molar-refractivity contribution in [2.75, 3.05) is 53.6 Å². The summed E-state index contributed by atoms with van der Waals surface area (Å²) in [6.45, 7) is 4.52. The lowest BCUT2D eigenvalue weighted by molar-refractivity contribution is -0.193. The average Bonchev–Trinajstić information content (AvgIpc) is 2.86. The van der Waals surface area contributed by atoms with Gasteiger partial charge in [-0.05, 0) is 45.5 Å². The van der Waals surface area contributed by atoms with Crippen LogP contribution in [0.4, 0.5) is 26.3 Å². The number of hydrogen-bond acceptors (Lipinski definition) is 7. The number of piperidine rings is 1. The number of fused-ring (bicyclic) bond motifs is 1. The Balaban J connectivity index is 0.000000449. The van der Waals surface area contributed by atoms with Gasteiger partial charge in [-0.3, -0.25) is 9.78 Å². The molecule has 2 fully saturated rings. The van der Waals surface area contributed by atoms with Crippen LogP contribution in [0, 0.1) is 5.41 Å². The lowest BCUT2D eigenvalue weighted by atomic mass is 9.73. The Morgan fingerprint density at radius 3 is 2.23 bits per heavy atom. The number of nitrogens with zero attached hydrogens (tertiary/aromatic N) is 3. The van der Waals surface area contributed by atoms with Gasteiger partial charge in [0.1, 0.15) is 0 Å². The van der Waals surface area contributed by atoms with Crippen LogP contribution in [-0.2, 0) is 19.1 Å². The molecule has 3 heterocycles. The quantitative estimate of drug-likeness (QED) is 0.389. The molecule has 2 aliphatic rings. The number of likely N-dealkylation sites (N-methyl/N-ethyl adjacent to an activating group) is 1. The summed E-state index contributed by atoms with van der Waals surface area (Å²) >= 11 is 0. The SMILES string of the molecule is CN(C)CCOCC12CCCOC1CCN(C(=O)c1cccnc1)C2.O=C(O)C(F)(F)F.O=C(O)C(F)(F)F. The molecule has 3 rings (SSSR count). The number of hydrogen-bond donors (Lipinski definition) is 2. The van der Waals surface area contributed by atoms with E-state index >= 15 is 0 Å². The first kappa shape index (κ1) is 34.0. The van der Waals surface area contributed by atoms with E-state index in [-0.39, 0.29) is 17.4 Å². The van der Waals surface area contributed by atoms with E-state index in [2.05, 4.69) is 9.88 Å². The van der Waals surface area contributed by atoms with Gasteiger partial charge in [0.25, 0.3) is 5.91 Å². The average molecular weight is 576 g/mol. The van der Waals surface area contributed by atoms with Crippen molar-refractivity contribution >= 4 is 17.8 Å². The molecule has 0 aliphatic carbocycles. The van der Waals surface area contributed by atoms with E-state index in [0.29, 0.717) is 25.3 Å². The van der Waals surface area contributed by atoms with Crippen molar-refractivity contribution in [3.8, 4) is 0 Å². The minimum atomic E-state index is -5.08. The van der Waals surface area contributed by atoms with Gasteiger partial charge >= 0.3 is 24.3 Å². The molecule has 2 unspecified atom stereocenters. The van der Waals surface area contributed by atoms with Crippen LogP contribution in [0.3, 0.4) is 0 Å². The number of rotatable bonds is 6. The Hall–Kier alpha value is -2.98. The van der Waals surface area contributed by atoms with Gasteiger partial charge in [0, 0.05) is 44.0 Å². The second-order valence-corrected chi connectivity index (χ2v) is 9.04. The molecule has 10 nitrogen and oxygen atoms in total. The van der Waals surface area contributed by atoms with Gasteiger partial charge in [0.05, 0.1) is 24.9 Å². The summed E-state index contributed by atoms with van der Waals surface area (Å²) in [5.74, 6) is -5.45. The number of halogens is 6. The van der Waals surface area contributed by atoms with Crippen molar-refractivity contribution in [1.82, 2.24) is 14.8 Å². The molecule has 1 amide bonds. The fraction of sp³-hybridized carbons (Fsp3) is 0.652. The predicted octanol–water partition coefficient (Wildman–Crippen LogP) is 2.94. The highest BCUT2D eigenvalue weighted by atomic mass is 19.4. The molecule has 2 aliphatic heterocycles. The highest BCUT2D eigenvalue weighted by molar-refractivity contribution is 5.94. The highest BCUT2D eigenvalue weighted by Crippen LogP contribution is 2.40. The maximum atomic E-state index is 12.8. The number of alkyl halides is 6. The number of ether oxygens (including phenoxy) is 2. The summed E-state index contributed by atoms with van der Waals surface area (Å²) in [6.07, 6.45) is -3.68. The van der Waals surface area contributed by atoms with Gasteiger partial charge in [-0.2, -0.15) is 26.3 Å². The van der Waals surface area contributed by atoms with Crippen LogP contribution in [-0.4, -0.2) is 115 Å². The number of pyridine rings is 1. The number of carbonyl (C=O) groups excluding carboxylic acids is 1. The third-order valence-electron chi connectivity index (χ3n) is 5.74. The lowest BCUT2D eigenvalue weighted by Crippen LogP contribution is -2.58. The van der Waals surface area contributed by atoms with Crippen molar-refractivity contribution in [2.45, 2.75) is 37.7 Å². The Bertz CT molecular complexity index is 907. The maximum Gasteiger partial charge on any atom is 0.490 e. The Morgan fingerprint density at radius 1 is 1.15 bits per heavy atom. The third-order valence-corrected chi connectivity index (χ3v) is 5.74. The minimum absolute atomic E-state index is 0.0600. The molecule has 2 saturated heterocycles. The molecule has 0 bridgehead atoms. The first-order valence-electron chi connectivity index (χ1n) is 11.6. The predicted molar refractivity (Wildman–Crippen MR) is 123 cm³/mol. The van der Waals surface area contributed by atoms with Crippen LogP contribution < -0.4 is 0 Å². The van der Waals surface area contributed by atoms with E-state index in [1.54, 1.807) is 12.4 Å². The first-order chi connectivity index (χ1) is 18.0. The van der Waals surface area contributed by atoms with Gasteiger partial charge in [0.2, 0.25) is 0 Å². The molecule has 1 aromatic heterocycles. The van der Waals surface area contributed by atoms with Crippen LogP contribution in [0.15, 0.2) is 24.5 Å². The highest BCUT2D eigenvalue weighted by Gasteiger charge is 2.47. The molecule has 0 radical (unpaired) electrons. The number of likely N-dealkylation sites (tertiary alicyclic amines) is 1. The van der Waals surface area contributed by atoms with Gasteiger partial charge < -0.3 is 29.5 Å². The number of carboxylic acids is 2. The molecular formula is C23H31F6N3O7. The number of carboxylic acid groups (broad SMARTS) is 2. The Labute approximate surface area is 220 Å². The lowest BCUT2D eigenvalue weighted by Gasteiger charge is -2.50. The van der Waals surface area contributed by atoms with E-state index in [4.69, 9.17) is 29.3 Å². The standard InChI is InChI=1S/C19H29N3O3.2C2HF3O2/c1-21(2)10-12-24-15-19-7-4-11-25-17(19)6-9-22(14-19)18(23)16-5-3-8-20-13-16;2*3-2(4,5)1(6)7/h3,5,8,13,17H,4,6-7,9-12,14-15H2,1-2H3;2*(H,6,7). The van der Waals surface area contributed by atoms with Crippen molar-refractivity contribution in [3.05, 3.63) is 30.1 Å². The molecule has 0 spiro atoms. The summed E-state index contributed by atoms with van der Waals surface area (Å²) in [5, 5.41) is 14.2. The van der Waals surface area contributed by atoms with Gasteiger partial charge in [-0.15, -0.1) is 0 Å². The minimum Gasteiger partial charge on any atom is -0.475 e. The van der Waals surface area contributed by atoms with Crippen molar-refractivity contribution < 1.29 is 60.4 Å². The summed E-state index contributed by atoms with van der Waals surface area (Å²) in [6, 6.07) is 3.64. The number of aliphatic carboxylic acids is 2. The monoisotopic (exact) mass is 575 g/mol. The molecule has 2 atom stereocenters. The second-order valence-electron chi connectivity index (χ2n) is 9.04. The van der Waals surface area contributed by atoms with Crippen molar-refractivity contribution in [1.29, 1.82) is 0 Å². The van der Waals surface area contributed by atoms with Gasteiger partial charge in [0.15, 0.2) is 0 Å². The summed E-state index contributed by atoms with van der Waals surface area (Å²) in [5.41, 5.74) is 0.571. The zero-order chi connectivity index (χ0) is 29.9. The van der Waals surface area contributed by atoms with E-state index in [9.17, 15) is 31.1 Å². The normalized spacial score (nSPS) is 21.1. The zero-order valence-corrected chi connectivity index (χ0v) is 21.3. The maximum absolute atomic E-state index is 12.8. The molecule has 0 aromatic carbocycles. The van der Waals surface area contributed by atoms with E-state index in [1.165, 1.54) is 0 Å². The van der Waals surface area contributed by atoms with Crippen LogP contribution in [0.2, 0.25) is 0 Å². The molecule has 39 heavy (non-hydrogen) atoms. The fourth-order valence-corrected chi connectivity index (χ4v) is 3.87. The topological polar surface area (TPSA) is 130 Å². The number of carbonyl (C=O) groups is 3. The van der Waals surface area contributed by atoms with E-state index < -0.39 is 24.3 Å². The van der Waals surface area contributed by atoms with Gasteiger partial charge in [-0.1, -0.05) is 0 Å². The van der Waals surface area contributed by atoms with Crippen LogP contribution in [0.1, 0.15) is 29.6 Å². The smallest absolute Gasteiger partial charge is 0.475 e. The number of aromatic nitrogens is 1. The Morgan fingerprint density at radius 2 is 1.74 bits per heavy atom. The van der Waals surface area contributed by atoms with Crippen LogP contribution >= 0.6 is 0 Å². The van der Waals surface area contributed by atoms with E-state index in [1.807, 2.05) is 31.1 Å². The second kappa shape index (κ2) is 15.0. The molecule has 1 aromatic rings. The zero-order valence-electron chi connectivity index (χ0n) is 21.3. The fourth-order valence-electron chi connectivity index (χ4n) is 3.87. The summed E-state index contributed by atoms with van der Waals surface area (Å²) in [4.78, 5) is 38.8. The first-order valence-corrected chi connectivity index (χ1v) is 11.6. The summed E-state index contributed by atoms with van der Waals surface area (Å²) < 4.78 is 75.5. The Kier molecular flexibility index (Phi) is 13.1. The molecule has 0 saturated carbocycles. The van der Waals surface area contributed by atoms with Crippen LogP contribution in [0.25, 0.3) is 0 Å². The van der Waals surface area contributed by atoms with Crippen molar-refractivity contribution in [2.24, 2.45) is 5.41 Å². The third kappa shape index (κ3) is 11.7. The molecule has 2 N–H and O–H groups in total. The van der Waals surface area contributed by atoms with Crippen LogP contribution in [0.5, 0.6) is 0 Å². The molecular weight excluding hydrogens is 544 g/mol. The summed E-state index contributed by atoms with van der Waals surface area (Å²) in [7, 11) is 4.09. The largest absolute Gasteiger partial charge is 0.490 e. The van der Waals surface area contributed by atoms with E-state index in [0.717, 1.165) is 39.0 Å². The molecule has 16 heteroatoms. The van der Waals surface area contributed by atoms with Crippen molar-refractivity contribution in [3.63, 3.8) is 0 Å².